The highest BCUT2D eigenvalue weighted by atomic mass is 31.2. The van der Waals surface area contributed by atoms with Crippen LogP contribution in [0.5, 0.6) is 0 Å². The molecule has 0 fully saturated rings. The van der Waals surface area contributed by atoms with Gasteiger partial charge in [-0.3, -0.25) is 18.6 Å². The molecule has 0 saturated heterocycles. The van der Waals surface area contributed by atoms with E-state index >= 15 is 0 Å². The van der Waals surface area contributed by atoms with Gasteiger partial charge in [-0.15, -0.1) is 0 Å². The first kappa shape index (κ1) is 57.7. The molecule has 0 radical (unpaired) electrons. The second-order valence-electron chi connectivity index (χ2n) is 15.8. The Kier molecular flexibility index (Phi) is 43.0. The fourth-order valence-corrected chi connectivity index (χ4v) is 7.10. The number of rotatable bonds is 44. The maximum absolute atomic E-state index is 12.7. The van der Waals surface area contributed by atoms with E-state index in [2.05, 4.69) is 74.6 Å². The summed E-state index contributed by atoms with van der Waals surface area (Å²) in [5.74, 6) is -0.959. The minimum atomic E-state index is -4.63. The van der Waals surface area contributed by atoms with Gasteiger partial charge in [-0.2, -0.15) is 0 Å². The third kappa shape index (κ3) is 43.7. The van der Waals surface area contributed by atoms with E-state index in [0.717, 1.165) is 70.6 Å². The van der Waals surface area contributed by atoms with Crippen molar-refractivity contribution in [3.05, 3.63) is 60.8 Å². The maximum atomic E-state index is 12.7. The van der Waals surface area contributed by atoms with Gasteiger partial charge in [-0.05, 0) is 57.8 Å². The number of carbonyl (C=O) groups is 2. The van der Waals surface area contributed by atoms with Crippen LogP contribution >= 0.6 is 7.82 Å². The van der Waals surface area contributed by atoms with Gasteiger partial charge in [0.1, 0.15) is 12.7 Å². The Morgan fingerprint density at radius 2 is 0.917 bits per heavy atom. The van der Waals surface area contributed by atoms with Gasteiger partial charge in [-0.1, -0.05) is 190 Å². The first-order valence-corrected chi connectivity index (χ1v) is 25.2. The van der Waals surface area contributed by atoms with Crippen LogP contribution < -0.4 is 0 Å². The van der Waals surface area contributed by atoms with Gasteiger partial charge in [0, 0.05) is 12.8 Å². The summed E-state index contributed by atoms with van der Waals surface area (Å²) in [7, 11) is -4.63. The number of hydrogen-bond acceptors (Lipinski definition) is 9. The molecular formula is C49H87O10P. The van der Waals surface area contributed by atoms with Crippen LogP contribution in [0.25, 0.3) is 0 Å². The molecular weight excluding hydrogens is 780 g/mol. The van der Waals surface area contributed by atoms with Crippen LogP contribution in [0.1, 0.15) is 200 Å². The highest BCUT2D eigenvalue weighted by molar-refractivity contribution is 7.47. The van der Waals surface area contributed by atoms with E-state index in [1.54, 1.807) is 0 Å². The second-order valence-corrected chi connectivity index (χ2v) is 17.2. The first-order chi connectivity index (χ1) is 29.2. The summed E-state index contributed by atoms with van der Waals surface area (Å²) < 4.78 is 32.8. The van der Waals surface area contributed by atoms with E-state index in [4.69, 9.17) is 23.6 Å². The van der Waals surface area contributed by atoms with Crippen molar-refractivity contribution in [2.24, 2.45) is 0 Å². The molecule has 3 atom stereocenters. The van der Waals surface area contributed by atoms with Crippen molar-refractivity contribution >= 4 is 19.8 Å². The summed E-state index contributed by atoms with van der Waals surface area (Å²) in [6.45, 7) is 2.25. The molecule has 0 heterocycles. The fourth-order valence-electron chi connectivity index (χ4n) is 6.31. The maximum Gasteiger partial charge on any atom is 0.472 e. The number of phosphoric ester groups is 1. The molecule has 10 nitrogen and oxygen atoms in total. The van der Waals surface area contributed by atoms with Crippen molar-refractivity contribution in [1.29, 1.82) is 0 Å². The quantitative estimate of drug-likeness (QED) is 0.0234. The van der Waals surface area contributed by atoms with Gasteiger partial charge in [0.15, 0.2) is 6.10 Å². The van der Waals surface area contributed by atoms with Crippen molar-refractivity contribution in [3.8, 4) is 0 Å². The third-order valence-corrected chi connectivity index (χ3v) is 10.9. The van der Waals surface area contributed by atoms with Crippen LogP contribution in [0.3, 0.4) is 0 Å². The number of hydrogen-bond donors (Lipinski definition) is 3. The lowest BCUT2D eigenvalue weighted by molar-refractivity contribution is -0.161. The molecule has 0 aromatic rings. The lowest BCUT2D eigenvalue weighted by atomic mass is 10.0. The third-order valence-electron chi connectivity index (χ3n) is 9.94. The molecule has 0 amide bonds. The normalized spacial score (nSPS) is 14.3. The number of ether oxygens (including phenoxy) is 2. The monoisotopic (exact) mass is 867 g/mol. The number of phosphoric acid groups is 1. The minimum Gasteiger partial charge on any atom is -0.462 e. The van der Waals surface area contributed by atoms with E-state index in [0.29, 0.717) is 12.8 Å². The molecule has 0 rings (SSSR count). The Morgan fingerprint density at radius 1 is 0.517 bits per heavy atom. The lowest BCUT2D eigenvalue weighted by Crippen LogP contribution is -2.29. The largest absolute Gasteiger partial charge is 0.472 e. The fraction of sp³-hybridized carbons (Fsp3) is 0.755. The summed E-state index contributed by atoms with van der Waals surface area (Å²) in [6, 6.07) is 0. The molecule has 0 aliphatic heterocycles. The number of aliphatic hydroxyl groups is 2. The van der Waals surface area contributed by atoms with Crippen LogP contribution in [0.4, 0.5) is 0 Å². The molecule has 60 heavy (non-hydrogen) atoms. The van der Waals surface area contributed by atoms with Gasteiger partial charge >= 0.3 is 19.8 Å². The predicted molar refractivity (Wildman–Crippen MR) is 247 cm³/mol. The van der Waals surface area contributed by atoms with Crippen molar-refractivity contribution < 1.29 is 47.8 Å². The van der Waals surface area contributed by atoms with Crippen LogP contribution in [0, 0.1) is 0 Å². The molecule has 0 bridgehead atoms. The van der Waals surface area contributed by atoms with Crippen molar-refractivity contribution in [2.75, 3.05) is 26.4 Å². The van der Waals surface area contributed by atoms with E-state index in [-0.39, 0.29) is 19.4 Å². The zero-order valence-electron chi connectivity index (χ0n) is 37.9. The Hall–Kier alpha value is -2.33. The number of unbranched alkanes of at least 4 members (excludes halogenated alkanes) is 20. The van der Waals surface area contributed by atoms with E-state index in [9.17, 15) is 24.2 Å². The predicted octanol–water partition coefficient (Wildman–Crippen LogP) is 13.1. The average Bonchev–Trinajstić information content (AvgIpc) is 3.24. The van der Waals surface area contributed by atoms with E-state index < -0.39 is 51.8 Å². The zero-order chi connectivity index (χ0) is 44.0. The standard InChI is InChI=1S/C49H87O10P/c1-3-5-7-9-11-13-15-17-19-21-23-25-26-28-30-32-34-36-38-40-48(52)56-44-47(45-58-60(54,55)57-43-46(51)42-50)59-49(53)41-39-37-35-33-31-29-27-24-22-20-18-16-14-12-10-8-6-4-2/h5,7,11,13,17,19,23,25,28,30,46-47,50-51H,3-4,6,8-10,12,14-16,18,20-22,24,26-27,29,31-45H2,1-2H3,(H,54,55)/b7-5+,13-11+,19-17+,25-23+,30-28+/t46-,47+/m0/s1. The molecule has 0 saturated carbocycles. The van der Waals surface area contributed by atoms with Crippen LogP contribution in [-0.4, -0.2) is 65.7 Å². The van der Waals surface area contributed by atoms with Crippen LogP contribution in [-0.2, 0) is 32.7 Å². The van der Waals surface area contributed by atoms with Crippen molar-refractivity contribution in [2.45, 2.75) is 212 Å². The van der Waals surface area contributed by atoms with Crippen LogP contribution in [0.15, 0.2) is 60.8 Å². The molecule has 348 valence electrons. The number of carbonyl (C=O) groups excluding carboxylic acids is 2. The summed E-state index contributed by atoms with van der Waals surface area (Å²) >= 11 is 0. The topological polar surface area (TPSA) is 149 Å². The summed E-state index contributed by atoms with van der Waals surface area (Å²) in [5, 5.41) is 18.4. The Balaban J connectivity index is 4.29. The molecule has 0 aromatic heterocycles. The molecule has 0 aliphatic rings. The number of allylic oxidation sites excluding steroid dienone is 10. The number of esters is 2. The molecule has 11 heteroatoms. The highest BCUT2D eigenvalue weighted by Crippen LogP contribution is 2.43. The smallest absolute Gasteiger partial charge is 0.462 e. The summed E-state index contributed by atoms with van der Waals surface area (Å²) in [6.07, 6.45) is 50.4. The van der Waals surface area contributed by atoms with Crippen LogP contribution in [0.2, 0.25) is 0 Å². The van der Waals surface area contributed by atoms with Gasteiger partial charge in [-0.25, -0.2) is 4.57 Å². The summed E-state index contributed by atoms with van der Waals surface area (Å²) in [5.41, 5.74) is 0. The van der Waals surface area contributed by atoms with Gasteiger partial charge in [0.25, 0.3) is 0 Å². The van der Waals surface area contributed by atoms with Crippen molar-refractivity contribution in [1.82, 2.24) is 0 Å². The Labute approximate surface area is 366 Å². The zero-order valence-corrected chi connectivity index (χ0v) is 38.8. The molecule has 0 aliphatic carbocycles. The van der Waals surface area contributed by atoms with Gasteiger partial charge in [0.05, 0.1) is 19.8 Å². The minimum absolute atomic E-state index is 0.178. The SMILES string of the molecule is CC/C=C/C/C=C/C/C=C/C/C=C/C/C=C/CCCCCC(=O)OC[C@H](COP(=O)(O)OC[C@@H](O)CO)OC(=O)CCCCCCCCCCCCCCCCCCCC. The highest BCUT2D eigenvalue weighted by Gasteiger charge is 2.27. The Bertz CT molecular complexity index is 1180. The molecule has 0 spiro atoms. The average molecular weight is 867 g/mol. The van der Waals surface area contributed by atoms with E-state index in [1.807, 2.05) is 0 Å². The Morgan fingerprint density at radius 3 is 1.38 bits per heavy atom. The van der Waals surface area contributed by atoms with Gasteiger partial charge < -0.3 is 24.6 Å². The molecule has 3 N–H and O–H groups in total. The van der Waals surface area contributed by atoms with E-state index in [1.165, 1.54) is 89.9 Å². The summed E-state index contributed by atoms with van der Waals surface area (Å²) in [4.78, 5) is 35.1. The van der Waals surface area contributed by atoms with Crippen molar-refractivity contribution in [3.63, 3.8) is 0 Å². The molecule has 1 unspecified atom stereocenters. The first-order valence-electron chi connectivity index (χ1n) is 23.7. The van der Waals surface area contributed by atoms with Gasteiger partial charge in [0.2, 0.25) is 0 Å². The number of aliphatic hydroxyl groups excluding tert-OH is 2. The second kappa shape index (κ2) is 44.7. The lowest BCUT2D eigenvalue weighted by Gasteiger charge is -2.20. The molecule has 0 aromatic carbocycles.